The van der Waals surface area contributed by atoms with Crippen molar-refractivity contribution < 1.29 is 9.59 Å². The molecule has 4 nitrogen and oxygen atoms in total. The minimum absolute atomic E-state index is 0.155. The van der Waals surface area contributed by atoms with Crippen molar-refractivity contribution >= 4 is 57.3 Å². The number of anilines is 2. The number of hydrogen-bond donors (Lipinski definition) is 2. The molecule has 188 valence electrons. The third-order valence-electron chi connectivity index (χ3n) is 6.16. The van der Waals surface area contributed by atoms with Gasteiger partial charge in [-0.2, -0.15) is 0 Å². The van der Waals surface area contributed by atoms with Crippen molar-refractivity contribution in [3.05, 3.63) is 137 Å². The van der Waals surface area contributed by atoms with E-state index in [1.807, 2.05) is 110 Å². The van der Waals surface area contributed by atoms with Crippen molar-refractivity contribution in [2.24, 2.45) is 0 Å². The summed E-state index contributed by atoms with van der Waals surface area (Å²) in [4.78, 5) is 27.3. The van der Waals surface area contributed by atoms with Gasteiger partial charge < -0.3 is 10.6 Å². The Morgan fingerprint density at radius 2 is 1.50 bits per heavy atom. The van der Waals surface area contributed by atoms with Gasteiger partial charge in [-0.15, -0.1) is 11.8 Å². The van der Waals surface area contributed by atoms with Crippen LogP contribution in [0.4, 0.5) is 11.4 Å². The quantitative estimate of drug-likeness (QED) is 0.205. The van der Waals surface area contributed by atoms with E-state index in [1.165, 1.54) is 11.8 Å². The summed E-state index contributed by atoms with van der Waals surface area (Å²) in [6, 6.07) is 36.2. The summed E-state index contributed by atoms with van der Waals surface area (Å²) in [5.41, 5.74) is 3.73. The van der Waals surface area contributed by atoms with Crippen molar-refractivity contribution in [2.45, 2.75) is 17.1 Å². The summed E-state index contributed by atoms with van der Waals surface area (Å²) >= 11 is 7.59. The number of fused-ring (bicyclic) bond motifs is 1. The highest BCUT2D eigenvalue weighted by atomic mass is 35.5. The van der Waals surface area contributed by atoms with Crippen LogP contribution in [0.1, 0.15) is 26.7 Å². The van der Waals surface area contributed by atoms with Gasteiger partial charge in [0.1, 0.15) is 5.25 Å². The molecular weight excluding hydrogens is 512 g/mol. The molecule has 0 aromatic heterocycles. The minimum Gasteiger partial charge on any atom is -0.325 e. The standard InChI is InChI=1S/C32H25ClN2O2S/c1-21-14-17-26(33)19-29(21)35-32(37)30(23-9-3-2-4-10-23)38-28-13-7-12-27(20-28)34-31(36)25-16-15-22-8-5-6-11-24(22)18-25/h2-20,30H,1H3,(H,34,36)(H,35,37). The molecule has 0 spiro atoms. The molecule has 1 atom stereocenters. The zero-order valence-electron chi connectivity index (χ0n) is 20.6. The highest BCUT2D eigenvalue weighted by Gasteiger charge is 2.23. The van der Waals surface area contributed by atoms with Gasteiger partial charge in [0.15, 0.2) is 0 Å². The van der Waals surface area contributed by atoms with Crippen molar-refractivity contribution in [1.82, 2.24) is 0 Å². The van der Waals surface area contributed by atoms with Crippen LogP contribution in [0.3, 0.4) is 0 Å². The van der Waals surface area contributed by atoms with Crippen molar-refractivity contribution in [1.29, 1.82) is 0 Å². The summed E-state index contributed by atoms with van der Waals surface area (Å²) in [5.74, 6) is -0.344. The van der Waals surface area contributed by atoms with Crippen LogP contribution in [0, 0.1) is 6.92 Å². The van der Waals surface area contributed by atoms with Gasteiger partial charge in [0, 0.05) is 26.9 Å². The number of nitrogens with one attached hydrogen (secondary N) is 2. The van der Waals surface area contributed by atoms with Crippen molar-refractivity contribution in [3.63, 3.8) is 0 Å². The Labute approximate surface area is 231 Å². The molecule has 0 radical (unpaired) electrons. The highest BCUT2D eigenvalue weighted by molar-refractivity contribution is 8.00. The van der Waals surface area contributed by atoms with Gasteiger partial charge >= 0.3 is 0 Å². The molecule has 5 aromatic carbocycles. The molecule has 0 fully saturated rings. The van der Waals surface area contributed by atoms with Crippen LogP contribution in [0.5, 0.6) is 0 Å². The average molecular weight is 537 g/mol. The molecule has 5 rings (SSSR count). The minimum atomic E-state index is -0.513. The first kappa shape index (κ1) is 25.6. The molecule has 0 saturated carbocycles. The maximum absolute atomic E-state index is 13.5. The van der Waals surface area contributed by atoms with E-state index in [9.17, 15) is 9.59 Å². The number of halogens is 1. The largest absolute Gasteiger partial charge is 0.325 e. The lowest BCUT2D eigenvalue weighted by atomic mass is 10.1. The molecule has 0 bridgehead atoms. The average Bonchev–Trinajstić information content (AvgIpc) is 2.94. The molecule has 5 aromatic rings. The molecule has 0 heterocycles. The third-order valence-corrected chi connectivity index (χ3v) is 7.64. The lowest BCUT2D eigenvalue weighted by molar-refractivity contribution is -0.115. The topological polar surface area (TPSA) is 58.2 Å². The number of hydrogen-bond acceptors (Lipinski definition) is 3. The van der Waals surface area contributed by atoms with Crippen molar-refractivity contribution in [3.8, 4) is 0 Å². The third kappa shape index (κ3) is 6.08. The van der Waals surface area contributed by atoms with Gasteiger partial charge in [0.25, 0.3) is 5.91 Å². The highest BCUT2D eigenvalue weighted by Crippen LogP contribution is 2.37. The molecule has 2 N–H and O–H groups in total. The normalized spacial score (nSPS) is 11.6. The first-order valence-electron chi connectivity index (χ1n) is 12.1. The number of carbonyl (C=O) groups excluding carboxylic acids is 2. The fraction of sp³-hybridized carbons (Fsp3) is 0.0625. The fourth-order valence-electron chi connectivity index (χ4n) is 4.15. The molecule has 0 aliphatic heterocycles. The van der Waals surface area contributed by atoms with Gasteiger partial charge in [-0.3, -0.25) is 9.59 Å². The molecule has 0 aliphatic rings. The van der Waals surface area contributed by atoms with Gasteiger partial charge in [-0.1, -0.05) is 84.4 Å². The summed E-state index contributed by atoms with van der Waals surface area (Å²) < 4.78 is 0. The van der Waals surface area contributed by atoms with Gasteiger partial charge in [-0.25, -0.2) is 0 Å². The Kier molecular flexibility index (Phi) is 7.78. The Morgan fingerprint density at radius 1 is 0.737 bits per heavy atom. The van der Waals surface area contributed by atoms with E-state index in [0.29, 0.717) is 22.0 Å². The van der Waals surface area contributed by atoms with Gasteiger partial charge in [-0.05, 0) is 71.3 Å². The second-order valence-electron chi connectivity index (χ2n) is 8.90. The molecule has 2 amide bonds. The van der Waals surface area contributed by atoms with E-state index < -0.39 is 5.25 Å². The number of aryl methyl sites for hydroxylation is 1. The van der Waals surface area contributed by atoms with E-state index in [1.54, 1.807) is 12.1 Å². The summed E-state index contributed by atoms with van der Waals surface area (Å²) in [6.45, 7) is 1.93. The molecule has 0 aliphatic carbocycles. The maximum atomic E-state index is 13.5. The first-order valence-corrected chi connectivity index (χ1v) is 13.4. The number of benzene rings is 5. The summed E-state index contributed by atoms with van der Waals surface area (Å²) in [7, 11) is 0. The monoisotopic (exact) mass is 536 g/mol. The van der Waals surface area contributed by atoms with Gasteiger partial charge in [0.2, 0.25) is 5.91 Å². The van der Waals surface area contributed by atoms with Crippen LogP contribution in [0.15, 0.2) is 120 Å². The summed E-state index contributed by atoms with van der Waals surface area (Å²) in [5, 5.41) is 8.17. The second-order valence-corrected chi connectivity index (χ2v) is 10.5. The number of amides is 2. The first-order chi connectivity index (χ1) is 18.5. The number of carbonyl (C=O) groups is 2. The Hall–Kier alpha value is -4.06. The van der Waals surface area contributed by atoms with Crippen LogP contribution in [-0.4, -0.2) is 11.8 Å². The maximum Gasteiger partial charge on any atom is 0.255 e. The molecule has 6 heteroatoms. The Morgan fingerprint density at radius 3 is 2.32 bits per heavy atom. The Balaban J connectivity index is 1.36. The van der Waals surface area contributed by atoms with E-state index in [4.69, 9.17) is 11.6 Å². The van der Waals surface area contributed by atoms with Gasteiger partial charge in [0.05, 0.1) is 0 Å². The fourth-order valence-corrected chi connectivity index (χ4v) is 5.40. The molecular formula is C32H25ClN2O2S. The summed E-state index contributed by atoms with van der Waals surface area (Å²) in [6.07, 6.45) is 0. The lowest BCUT2D eigenvalue weighted by Crippen LogP contribution is -2.19. The van der Waals surface area contributed by atoms with Crippen LogP contribution in [0.25, 0.3) is 10.8 Å². The molecule has 38 heavy (non-hydrogen) atoms. The number of rotatable bonds is 7. The zero-order valence-corrected chi connectivity index (χ0v) is 22.2. The van der Waals surface area contributed by atoms with E-state index in [2.05, 4.69) is 10.6 Å². The van der Waals surface area contributed by atoms with Crippen molar-refractivity contribution in [2.75, 3.05) is 10.6 Å². The SMILES string of the molecule is Cc1ccc(Cl)cc1NC(=O)C(Sc1cccc(NC(=O)c2ccc3ccccc3c2)c1)c1ccccc1. The predicted molar refractivity (Wildman–Crippen MR) is 158 cm³/mol. The smallest absolute Gasteiger partial charge is 0.255 e. The van der Waals surface area contributed by atoms with Crippen LogP contribution < -0.4 is 10.6 Å². The molecule has 1 unspecified atom stereocenters. The predicted octanol–water partition coefficient (Wildman–Crippen LogP) is 8.53. The van der Waals surface area contributed by atoms with Crippen LogP contribution in [0.2, 0.25) is 5.02 Å². The van der Waals surface area contributed by atoms with E-state index in [0.717, 1.165) is 26.8 Å². The Bertz CT molecular complexity index is 1620. The van der Waals surface area contributed by atoms with Crippen LogP contribution in [-0.2, 0) is 4.79 Å². The zero-order chi connectivity index (χ0) is 26.5. The number of thioether (sulfide) groups is 1. The van der Waals surface area contributed by atoms with E-state index >= 15 is 0 Å². The second kappa shape index (κ2) is 11.5. The van der Waals surface area contributed by atoms with Crippen LogP contribution >= 0.6 is 23.4 Å². The lowest BCUT2D eigenvalue weighted by Gasteiger charge is -2.18. The van der Waals surface area contributed by atoms with E-state index in [-0.39, 0.29) is 11.8 Å². The molecule has 0 saturated heterocycles.